The van der Waals surface area contributed by atoms with Crippen molar-refractivity contribution >= 4 is 28.9 Å². The van der Waals surface area contributed by atoms with Gasteiger partial charge in [-0.2, -0.15) is 0 Å². The molecule has 2 aromatic heterocycles. The molecule has 26 heavy (non-hydrogen) atoms. The first kappa shape index (κ1) is 16.6. The Bertz CT molecular complexity index is 1140. The van der Waals surface area contributed by atoms with Crippen LogP contribution in [0.15, 0.2) is 39.9 Å². The van der Waals surface area contributed by atoms with Crippen LogP contribution in [0.25, 0.3) is 11.0 Å². The van der Waals surface area contributed by atoms with Crippen molar-refractivity contribution in [1.29, 1.82) is 0 Å². The molecule has 3 aromatic rings. The Morgan fingerprint density at radius 1 is 1.42 bits per heavy atom. The Balaban J connectivity index is 1.64. The molecule has 0 atom stereocenters. The Hall–Kier alpha value is -2.91. The zero-order valence-electron chi connectivity index (χ0n) is 13.6. The fourth-order valence-electron chi connectivity index (χ4n) is 3.16. The highest BCUT2D eigenvalue weighted by atomic mass is 32.1. The first-order valence-electron chi connectivity index (χ1n) is 7.99. The molecule has 9 heteroatoms. The molecule has 1 aliphatic rings. The van der Waals surface area contributed by atoms with Gasteiger partial charge in [-0.25, -0.2) is 4.98 Å². The first-order chi connectivity index (χ1) is 12.5. The third kappa shape index (κ3) is 3.02. The Morgan fingerprint density at radius 2 is 2.27 bits per heavy atom. The second-order valence-corrected chi connectivity index (χ2v) is 6.57. The summed E-state index contributed by atoms with van der Waals surface area (Å²) in [5, 5.41) is 11.2. The van der Waals surface area contributed by atoms with Crippen molar-refractivity contribution in [2.75, 3.05) is 6.54 Å². The molecule has 0 bridgehead atoms. The first-order valence-corrected chi connectivity index (χ1v) is 8.40. The largest absolute Gasteiger partial charge is 0.464 e. The lowest BCUT2D eigenvalue weighted by atomic mass is 10.1. The van der Waals surface area contributed by atoms with Crippen LogP contribution >= 0.6 is 12.2 Å². The number of H-pyrrole nitrogens is 1. The highest BCUT2D eigenvalue weighted by Crippen LogP contribution is 2.21. The summed E-state index contributed by atoms with van der Waals surface area (Å²) in [6, 6.07) is 4.03. The highest BCUT2D eigenvalue weighted by Gasteiger charge is 2.19. The van der Waals surface area contributed by atoms with E-state index in [1.54, 1.807) is 6.20 Å². The fourth-order valence-corrected chi connectivity index (χ4v) is 3.34. The summed E-state index contributed by atoms with van der Waals surface area (Å²) < 4.78 is 5.97. The van der Waals surface area contributed by atoms with Gasteiger partial charge in [0.05, 0.1) is 16.6 Å². The van der Waals surface area contributed by atoms with Gasteiger partial charge in [-0.15, -0.1) is 0 Å². The quantitative estimate of drug-likeness (QED) is 0.429. The van der Waals surface area contributed by atoms with E-state index in [9.17, 15) is 14.9 Å². The summed E-state index contributed by atoms with van der Waals surface area (Å²) in [5.41, 5.74) is 2.55. The molecule has 0 saturated carbocycles. The van der Waals surface area contributed by atoms with Crippen LogP contribution in [0.5, 0.6) is 0 Å². The number of fused-ring (bicyclic) bond motifs is 2. The molecule has 0 spiro atoms. The van der Waals surface area contributed by atoms with Crippen molar-refractivity contribution in [3.05, 3.63) is 72.6 Å². The zero-order chi connectivity index (χ0) is 18.3. The molecule has 1 N–H and O–H groups in total. The lowest BCUT2D eigenvalue weighted by Crippen LogP contribution is -2.32. The molecule has 1 aromatic carbocycles. The summed E-state index contributed by atoms with van der Waals surface area (Å²) in [4.78, 5) is 32.5. The lowest BCUT2D eigenvalue weighted by Gasteiger charge is -2.27. The number of nitrogens with one attached hydrogen (secondary N) is 1. The topological polar surface area (TPSA) is 105 Å². The maximum Gasteiger partial charge on any atom is 0.270 e. The number of nitro groups is 1. The van der Waals surface area contributed by atoms with Crippen molar-refractivity contribution in [3.8, 4) is 0 Å². The van der Waals surface area contributed by atoms with Crippen molar-refractivity contribution in [2.24, 2.45) is 0 Å². The van der Waals surface area contributed by atoms with Crippen LogP contribution in [0.3, 0.4) is 0 Å². The summed E-state index contributed by atoms with van der Waals surface area (Å²) in [6.07, 6.45) is 3.97. The van der Waals surface area contributed by atoms with Crippen molar-refractivity contribution < 1.29 is 9.34 Å². The lowest BCUT2D eigenvalue weighted by molar-refractivity contribution is -0.384. The number of rotatable bonds is 3. The van der Waals surface area contributed by atoms with E-state index in [1.165, 1.54) is 24.5 Å². The molecule has 4 rings (SSSR count). The monoisotopic (exact) mass is 370 g/mol. The number of aromatic nitrogens is 2. The van der Waals surface area contributed by atoms with Gasteiger partial charge in [0.2, 0.25) is 0 Å². The predicted octanol–water partition coefficient (Wildman–Crippen LogP) is 2.71. The van der Waals surface area contributed by atoms with E-state index in [2.05, 4.69) is 14.9 Å². The number of nitrogens with zero attached hydrogens (tertiary/aromatic N) is 3. The molecule has 0 radical (unpaired) electrons. The second-order valence-electron chi connectivity index (χ2n) is 6.18. The van der Waals surface area contributed by atoms with Crippen molar-refractivity contribution in [2.45, 2.75) is 19.5 Å². The summed E-state index contributed by atoms with van der Waals surface area (Å²) in [7, 11) is 0. The van der Waals surface area contributed by atoms with E-state index in [1.807, 2.05) is 0 Å². The minimum atomic E-state index is -0.524. The number of nitro benzene ring substituents is 1. The number of aromatic amines is 1. The van der Waals surface area contributed by atoms with Gasteiger partial charge in [0, 0.05) is 61.2 Å². The molecule has 1 aliphatic heterocycles. The zero-order valence-corrected chi connectivity index (χ0v) is 14.4. The molecule has 0 unspecified atom stereocenters. The van der Waals surface area contributed by atoms with Gasteiger partial charge in [0.15, 0.2) is 10.2 Å². The Morgan fingerprint density at radius 3 is 3.08 bits per heavy atom. The minimum absolute atomic E-state index is 0.129. The smallest absolute Gasteiger partial charge is 0.270 e. The summed E-state index contributed by atoms with van der Waals surface area (Å²) >= 11 is 5.04. The number of hydrogen-bond donors (Lipinski definition) is 1. The van der Waals surface area contributed by atoms with E-state index in [-0.39, 0.29) is 16.5 Å². The van der Waals surface area contributed by atoms with Gasteiger partial charge in [0.1, 0.15) is 5.58 Å². The third-order valence-corrected chi connectivity index (χ3v) is 4.69. The number of benzene rings is 1. The molecular formula is C17H14N4O4S. The molecule has 0 amide bonds. The third-order valence-electron chi connectivity index (χ3n) is 4.49. The molecular weight excluding hydrogens is 356 g/mol. The molecule has 3 heterocycles. The van der Waals surface area contributed by atoms with E-state index in [0.717, 1.165) is 24.2 Å². The SMILES string of the molecule is O=c1c(CN2CCc3[nH]c(=S)ncc3C2)coc2ccc([N+](=O)[O-])cc12. The standard InChI is InChI=1S/C17H14N4O4S/c22-16-11(9-25-15-2-1-12(21(23)24)5-13(15)16)8-20-4-3-14-10(7-20)6-18-17(26)19-14/h1-2,5-6,9H,3-4,7-8H2,(H,18,19,26). The van der Waals surface area contributed by atoms with Crippen LogP contribution in [0.1, 0.15) is 16.8 Å². The normalized spacial score (nSPS) is 14.3. The van der Waals surface area contributed by atoms with E-state index >= 15 is 0 Å². The van der Waals surface area contributed by atoms with Crippen LogP contribution < -0.4 is 5.43 Å². The van der Waals surface area contributed by atoms with Crippen LogP contribution in [0.2, 0.25) is 0 Å². The molecule has 8 nitrogen and oxygen atoms in total. The highest BCUT2D eigenvalue weighted by molar-refractivity contribution is 7.71. The van der Waals surface area contributed by atoms with Gasteiger partial charge >= 0.3 is 0 Å². The Labute approximate surface area is 152 Å². The maximum absolute atomic E-state index is 12.7. The summed E-state index contributed by atoms with van der Waals surface area (Å²) in [5.74, 6) is 0. The second kappa shape index (κ2) is 6.43. The van der Waals surface area contributed by atoms with E-state index < -0.39 is 4.92 Å². The van der Waals surface area contributed by atoms with Crippen molar-refractivity contribution in [1.82, 2.24) is 14.9 Å². The number of hydrogen-bond acceptors (Lipinski definition) is 7. The molecule has 132 valence electrons. The van der Waals surface area contributed by atoms with Crippen LogP contribution in [-0.2, 0) is 19.5 Å². The summed E-state index contributed by atoms with van der Waals surface area (Å²) in [6.45, 7) is 1.80. The Kier molecular flexibility index (Phi) is 4.09. The van der Waals surface area contributed by atoms with Gasteiger partial charge in [0.25, 0.3) is 5.69 Å². The average molecular weight is 370 g/mol. The molecule has 0 aliphatic carbocycles. The number of non-ortho nitro benzene ring substituents is 1. The van der Waals surface area contributed by atoms with Gasteiger partial charge in [-0.1, -0.05) is 0 Å². The van der Waals surface area contributed by atoms with Crippen molar-refractivity contribution in [3.63, 3.8) is 0 Å². The molecule has 0 fully saturated rings. The fraction of sp³-hybridized carbons (Fsp3) is 0.235. The van der Waals surface area contributed by atoms with Gasteiger partial charge < -0.3 is 9.40 Å². The predicted molar refractivity (Wildman–Crippen MR) is 96.4 cm³/mol. The van der Waals surface area contributed by atoms with Gasteiger partial charge in [-0.3, -0.25) is 19.8 Å². The van der Waals surface area contributed by atoms with Crippen LogP contribution in [0.4, 0.5) is 5.69 Å². The van der Waals surface area contributed by atoms with E-state index in [4.69, 9.17) is 16.6 Å². The van der Waals surface area contributed by atoms with Crippen LogP contribution in [-0.4, -0.2) is 26.3 Å². The van der Waals surface area contributed by atoms with Crippen LogP contribution in [0, 0.1) is 14.9 Å². The average Bonchev–Trinajstić information content (AvgIpc) is 2.64. The van der Waals surface area contributed by atoms with E-state index in [0.29, 0.717) is 29.0 Å². The minimum Gasteiger partial charge on any atom is -0.464 e. The molecule has 0 saturated heterocycles. The van der Waals surface area contributed by atoms with Gasteiger partial charge in [-0.05, 0) is 18.3 Å². The maximum atomic E-state index is 12.7.